The molecule has 1 N–H and O–H groups in total. The van der Waals surface area contributed by atoms with Crippen LogP contribution in [0.1, 0.15) is 71.0 Å². The standard InChI is InChI=1S/C16H28N2O/c1-16(2,3)15(19)10-9-13-11-12-18(17-13)14-7-5-4-6-8-14/h11-12,14-15,19H,4-10H2,1-3H3. The molecule has 1 heterocycles. The number of aliphatic hydroxyl groups is 1. The van der Waals surface area contributed by atoms with Gasteiger partial charge >= 0.3 is 0 Å². The summed E-state index contributed by atoms with van der Waals surface area (Å²) >= 11 is 0. The van der Waals surface area contributed by atoms with E-state index in [9.17, 15) is 5.11 Å². The van der Waals surface area contributed by atoms with E-state index in [1.54, 1.807) is 0 Å². The number of nitrogens with zero attached hydrogens (tertiary/aromatic N) is 2. The van der Waals surface area contributed by atoms with E-state index >= 15 is 0 Å². The van der Waals surface area contributed by atoms with Crippen LogP contribution in [0.25, 0.3) is 0 Å². The fraction of sp³-hybridized carbons (Fsp3) is 0.812. The number of rotatable bonds is 4. The highest BCUT2D eigenvalue weighted by molar-refractivity contribution is 5.01. The molecule has 0 radical (unpaired) electrons. The van der Waals surface area contributed by atoms with Crippen LogP contribution in [0, 0.1) is 5.41 Å². The summed E-state index contributed by atoms with van der Waals surface area (Å²) < 4.78 is 2.15. The van der Waals surface area contributed by atoms with Crippen LogP contribution in [0.5, 0.6) is 0 Å². The molecule has 1 saturated carbocycles. The van der Waals surface area contributed by atoms with Gasteiger partial charge in [0.15, 0.2) is 0 Å². The molecule has 0 saturated heterocycles. The zero-order chi connectivity index (χ0) is 13.9. The molecule has 0 amide bonds. The molecule has 3 nitrogen and oxygen atoms in total. The van der Waals surface area contributed by atoms with Crippen LogP contribution in [0.15, 0.2) is 12.3 Å². The maximum atomic E-state index is 10.1. The van der Waals surface area contributed by atoms with Crippen LogP contribution >= 0.6 is 0 Å². The first kappa shape index (κ1) is 14.6. The van der Waals surface area contributed by atoms with Crippen LogP contribution in [0.4, 0.5) is 0 Å². The number of hydrogen-bond acceptors (Lipinski definition) is 2. The minimum atomic E-state index is -0.257. The van der Waals surface area contributed by atoms with Gasteiger partial charge in [0.05, 0.1) is 17.8 Å². The van der Waals surface area contributed by atoms with Crippen LogP contribution < -0.4 is 0 Å². The highest BCUT2D eigenvalue weighted by Crippen LogP contribution is 2.28. The first-order chi connectivity index (χ1) is 8.97. The Kier molecular flexibility index (Phi) is 4.67. The van der Waals surface area contributed by atoms with Gasteiger partial charge in [-0.15, -0.1) is 0 Å². The Morgan fingerprint density at radius 3 is 2.63 bits per heavy atom. The van der Waals surface area contributed by atoms with E-state index in [4.69, 9.17) is 5.10 Å². The van der Waals surface area contributed by atoms with E-state index in [-0.39, 0.29) is 11.5 Å². The first-order valence-electron chi connectivity index (χ1n) is 7.69. The molecule has 1 unspecified atom stereocenters. The van der Waals surface area contributed by atoms with Crippen molar-refractivity contribution >= 4 is 0 Å². The normalized spacial score (nSPS) is 19.6. The van der Waals surface area contributed by atoms with Gasteiger partial charge in [-0.1, -0.05) is 40.0 Å². The predicted octanol–water partition coefficient (Wildman–Crippen LogP) is 3.73. The Labute approximate surface area is 117 Å². The first-order valence-corrected chi connectivity index (χ1v) is 7.69. The molecule has 1 aliphatic rings. The van der Waals surface area contributed by atoms with E-state index in [1.807, 2.05) is 0 Å². The van der Waals surface area contributed by atoms with Crippen molar-refractivity contribution in [3.05, 3.63) is 18.0 Å². The van der Waals surface area contributed by atoms with Gasteiger partial charge in [-0.2, -0.15) is 5.10 Å². The van der Waals surface area contributed by atoms with E-state index in [0.717, 1.165) is 18.5 Å². The SMILES string of the molecule is CC(C)(C)C(O)CCc1ccn(C2CCCCC2)n1. The number of aromatic nitrogens is 2. The van der Waals surface area contributed by atoms with Gasteiger partial charge < -0.3 is 5.11 Å². The lowest BCUT2D eigenvalue weighted by molar-refractivity contribution is 0.0557. The molecule has 1 atom stereocenters. The van der Waals surface area contributed by atoms with E-state index in [1.165, 1.54) is 32.1 Å². The van der Waals surface area contributed by atoms with Crippen molar-refractivity contribution < 1.29 is 5.11 Å². The summed E-state index contributed by atoms with van der Waals surface area (Å²) in [5, 5.41) is 14.8. The molecule has 108 valence electrons. The number of aliphatic hydroxyl groups excluding tert-OH is 1. The topological polar surface area (TPSA) is 38.0 Å². The van der Waals surface area contributed by atoms with Crippen LogP contribution in [0.2, 0.25) is 0 Å². The van der Waals surface area contributed by atoms with Crippen LogP contribution in [-0.4, -0.2) is 21.0 Å². The maximum Gasteiger partial charge on any atom is 0.0625 e. The molecule has 3 heteroatoms. The van der Waals surface area contributed by atoms with Gasteiger partial charge in [-0.3, -0.25) is 4.68 Å². The summed E-state index contributed by atoms with van der Waals surface area (Å²) in [6, 6.07) is 2.72. The zero-order valence-electron chi connectivity index (χ0n) is 12.6. The van der Waals surface area contributed by atoms with Crippen LogP contribution in [-0.2, 0) is 6.42 Å². The highest BCUT2D eigenvalue weighted by atomic mass is 16.3. The molecule has 0 bridgehead atoms. The van der Waals surface area contributed by atoms with E-state index < -0.39 is 0 Å². The fourth-order valence-corrected chi connectivity index (χ4v) is 2.78. The van der Waals surface area contributed by atoms with Gasteiger partial charge in [0, 0.05) is 6.20 Å². The lowest BCUT2D eigenvalue weighted by atomic mass is 9.86. The van der Waals surface area contributed by atoms with Gasteiger partial charge in [0.25, 0.3) is 0 Å². The fourth-order valence-electron chi connectivity index (χ4n) is 2.78. The van der Waals surface area contributed by atoms with E-state index in [2.05, 4.69) is 37.7 Å². The third-order valence-corrected chi connectivity index (χ3v) is 4.29. The molecule has 0 spiro atoms. The van der Waals surface area contributed by atoms with Crippen molar-refractivity contribution in [2.75, 3.05) is 0 Å². The molecule has 0 aliphatic heterocycles. The van der Waals surface area contributed by atoms with Crippen molar-refractivity contribution in [3.8, 4) is 0 Å². The molecule has 19 heavy (non-hydrogen) atoms. The molecule has 1 aromatic heterocycles. The Bertz CT molecular complexity index is 386. The second-order valence-corrected chi connectivity index (χ2v) is 7.00. The summed E-state index contributed by atoms with van der Waals surface area (Å²) in [6.45, 7) is 6.24. The zero-order valence-corrected chi connectivity index (χ0v) is 12.6. The molecular weight excluding hydrogens is 236 g/mol. The average Bonchev–Trinajstić information content (AvgIpc) is 2.84. The number of aryl methyl sites for hydroxylation is 1. The van der Waals surface area contributed by atoms with Crippen molar-refractivity contribution in [2.45, 2.75) is 77.9 Å². The van der Waals surface area contributed by atoms with Crippen LogP contribution in [0.3, 0.4) is 0 Å². The monoisotopic (exact) mass is 264 g/mol. The summed E-state index contributed by atoms with van der Waals surface area (Å²) in [5.74, 6) is 0. The summed E-state index contributed by atoms with van der Waals surface area (Å²) in [7, 11) is 0. The molecule has 0 aromatic carbocycles. The minimum absolute atomic E-state index is 0.0358. The maximum absolute atomic E-state index is 10.1. The van der Waals surface area contributed by atoms with Gasteiger partial charge in [0.1, 0.15) is 0 Å². The van der Waals surface area contributed by atoms with Gasteiger partial charge in [-0.05, 0) is 37.2 Å². The second-order valence-electron chi connectivity index (χ2n) is 7.00. The van der Waals surface area contributed by atoms with Gasteiger partial charge in [0.2, 0.25) is 0 Å². The Morgan fingerprint density at radius 1 is 1.32 bits per heavy atom. The average molecular weight is 264 g/mol. The lowest BCUT2D eigenvalue weighted by Crippen LogP contribution is -2.26. The quantitative estimate of drug-likeness (QED) is 0.900. The third kappa shape index (κ3) is 4.07. The smallest absolute Gasteiger partial charge is 0.0625 e. The Morgan fingerprint density at radius 2 is 2.00 bits per heavy atom. The third-order valence-electron chi connectivity index (χ3n) is 4.29. The highest BCUT2D eigenvalue weighted by Gasteiger charge is 2.22. The summed E-state index contributed by atoms with van der Waals surface area (Å²) in [5.41, 5.74) is 1.08. The van der Waals surface area contributed by atoms with Crippen molar-refractivity contribution in [3.63, 3.8) is 0 Å². The minimum Gasteiger partial charge on any atom is -0.393 e. The lowest BCUT2D eigenvalue weighted by Gasteiger charge is -2.25. The summed E-state index contributed by atoms with van der Waals surface area (Å²) in [6.07, 6.45) is 10.1. The molecule has 1 aromatic rings. The van der Waals surface area contributed by atoms with Gasteiger partial charge in [-0.25, -0.2) is 0 Å². The molecule has 1 fully saturated rings. The molecule has 2 rings (SSSR count). The largest absolute Gasteiger partial charge is 0.393 e. The second kappa shape index (κ2) is 6.08. The number of hydrogen-bond donors (Lipinski definition) is 1. The molecular formula is C16H28N2O. The van der Waals surface area contributed by atoms with Crippen molar-refractivity contribution in [1.82, 2.24) is 9.78 Å². The Balaban J connectivity index is 1.87. The summed E-state index contributed by atoms with van der Waals surface area (Å²) in [4.78, 5) is 0. The van der Waals surface area contributed by atoms with E-state index in [0.29, 0.717) is 6.04 Å². The van der Waals surface area contributed by atoms with Crippen molar-refractivity contribution in [1.29, 1.82) is 0 Å². The van der Waals surface area contributed by atoms with Crippen molar-refractivity contribution in [2.24, 2.45) is 5.41 Å². The Hall–Kier alpha value is -0.830. The molecule has 1 aliphatic carbocycles. The predicted molar refractivity (Wildman–Crippen MR) is 78.1 cm³/mol.